The van der Waals surface area contributed by atoms with E-state index in [0.29, 0.717) is 0 Å². The average Bonchev–Trinajstić information content (AvgIpc) is 2.83. The monoisotopic (exact) mass is 236 g/mol. The Morgan fingerprint density at radius 3 is 3.00 bits per heavy atom. The van der Waals surface area contributed by atoms with Crippen molar-refractivity contribution in [3.63, 3.8) is 0 Å². The predicted octanol–water partition coefficient (Wildman–Crippen LogP) is 2.97. The minimum absolute atomic E-state index is 0.774. The smallest absolute Gasteiger partial charge is 0.151 e. The van der Waals surface area contributed by atoms with Gasteiger partial charge < -0.3 is 4.40 Å². The summed E-state index contributed by atoms with van der Waals surface area (Å²) in [5.41, 5.74) is 2.45. The molecule has 2 heterocycles. The van der Waals surface area contributed by atoms with Gasteiger partial charge in [-0.25, -0.2) is 4.98 Å². The van der Waals surface area contributed by atoms with E-state index in [1.165, 1.54) is 22.9 Å². The van der Waals surface area contributed by atoms with Crippen LogP contribution in [-0.2, 0) is 0 Å². The molecule has 1 aliphatic rings. The van der Waals surface area contributed by atoms with Crippen LogP contribution in [0.1, 0.15) is 24.3 Å². The third kappa shape index (κ3) is 1.10. The van der Waals surface area contributed by atoms with E-state index in [1.54, 1.807) is 0 Å². The number of pyridine rings is 1. The van der Waals surface area contributed by atoms with Crippen LogP contribution in [0, 0.1) is 0 Å². The van der Waals surface area contributed by atoms with Crippen molar-refractivity contribution in [1.82, 2.24) is 9.38 Å². The molecule has 0 unspecified atom stereocenters. The fourth-order valence-corrected chi connectivity index (χ4v) is 2.44. The Morgan fingerprint density at radius 2 is 2.23 bits per heavy atom. The topological polar surface area (TPSA) is 17.3 Å². The van der Waals surface area contributed by atoms with Crippen molar-refractivity contribution < 1.29 is 0 Å². The third-order valence-corrected chi connectivity index (χ3v) is 3.36. The molecule has 66 valence electrons. The van der Waals surface area contributed by atoms with Crippen molar-refractivity contribution in [2.24, 2.45) is 0 Å². The highest BCUT2D eigenvalue weighted by Gasteiger charge is 2.26. The SMILES string of the molecule is Brc1c(C2CC2)ccn2ccnc12. The molecule has 3 rings (SSSR count). The molecule has 2 aromatic rings. The number of fused-ring (bicyclic) bond motifs is 1. The molecule has 2 nitrogen and oxygen atoms in total. The average molecular weight is 237 g/mol. The second-order valence-corrected chi connectivity index (χ2v) is 4.31. The summed E-state index contributed by atoms with van der Waals surface area (Å²) in [5, 5.41) is 0. The molecule has 0 spiro atoms. The lowest BCUT2D eigenvalue weighted by Crippen LogP contribution is -1.89. The zero-order valence-corrected chi connectivity index (χ0v) is 8.66. The van der Waals surface area contributed by atoms with Gasteiger partial charge in [0.05, 0.1) is 4.47 Å². The van der Waals surface area contributed by atoms with Crippen LogP contribution < -0.4 is 0 Å². The quantitative estimate of drug-likeness (QED) is 0.745. The molecule has 0 aromatic carbocycles. The molecule has 0 radical (unpaired) electrons. The Morgan fingerprint density at radius 1 is 1.38 bits per heavy atom. The van der Waals surface area contributed by atoms with Gasteiger partial charge in [0.15, 0.2) is 5.65 Å². The lowest BCUT2D eigenvalue weighted by atomic mass is 10.2. The first-order valence-electron chi connectivity index (χ1n) is 4.47. The Bertz CT molecular complexity index is 457. The van der Waals surface area contributed by atoms with Crippen molar-refractivity contribution in [2.45, 2.75) is 18.8 Å². The van der Waals surface area contributed by atoms with Crippen molar-refractivity contribution in [3.05, 3.63) is 34.7 Å². The summed E-state index contributed by atoms with van der Waals surface area (Å²) in [4.78, 5) is 4.31. The molecule has 1 aliphatic carbocycles. The number of imidazole rings is 1. The van der Waals surface area contributed by atoms with Crippen molar-refractivity contribution >= 4 is 21.6 Å². The Labute approximate surface area is 84.7 Å². The predicted molar refractivity (Wildman–Crippen MR) is 54.9 cm³/mol. The van der Waals surface area contributed by atoms with E-state index < -0.39 is 0 Å². The highest BCUT2D eigenvalue weighted by atomic mass is 79.9. The Balaban J connectivity index is 2.30. The summed E-state index contributed by atoms with van der Waals surface area (Å²) >= 11 is 3.62. The van der Waals surface area contributed by atoms with Gasteiger partial charge in [-0.1, -0.05) is 0 Å². The van der Waals surface area contributed by atoms with Gasteiger partial charge in [-0.05, 0) is 46.3 Å². The van der Waals surface area contributed by atoms with Crippen LogP contribution in [0.5, 0.6) is 0 Å². The molecular formula is C10H9BrN2. The lowest BCUT2D eigenvalue weighted by Gasteiger charge is -2.03. The Hall–Kier alpha value is -0.830. The summed E-state index contributed by atoms with van der Waals surface area (Å²) < 4.78 is 3.21. The van der Waals surface area contributed by atoms with E-state index in [9.17, 15) is 0 Å². The fourth-order valence-electron chi connectivity index (χ4n) is 1.68. The number of halogens is 1. The van der Waals surface area contributed by atoms with Crippen LogP contribution in [0.15, 0.2) is 29.1 Å². The summed E-state index contributed by atoms with van der Waals surface area (Å²) in [5.74, 6) is 0.774. The third-order valence-electron chi connectivity index (χ3n) is 2.55. The first kappa shape index (κ1) is 7.56. The van der Waals surface area contributed by atoms with E-state index in [0.717, 1.165) is 11.6 Å². The fraction of sp³-hybridized carbons (Fsp3) is 0.300. The van der Waals surface area contributed by atoms with Gasteiger partial charge in [-0.3, -0.25) is 0 Å². The normalized spacial score (nSPS) is 16.7. The minimum Gasteiger partial charge on any atom is -0.306 e. The zero-order valence-electron chi connectivity index (χ0n) is 7.07. The molecule has 0 bridgehead atoms. The van der Waals surface area contributed by atoms with E-state index in [1.807, 2.05) is 16.8 Å². The molecule has 0 saturated heterocycles. The first-order chi connectivity index (χ1) is 6.36. The maximum absolute atomic E-state index is 4.31. The summed E-state index contributed by atoms with van der Waals surface area (Å²) in [7, 11) is 0. The molecule has 0 amide bonds. The molecule has 0 N–H and O–H groups in total. The van der Waals surface area contributed by atoms with Crippen LogP contribution in [0.4, 0.5) is 0 Å². The maximum Gasteiger partial charge on any atom is 0.151 e. The van der Waals surface area contributed by atoms with E-state index in [-0.39, 0.29) is 0 Å². The van der Waals surface area contributed by atoms with Crippen LogP contribution in [0.2, 0.25) is 0 Å². The van der Waals surface area contributed by atoms with Gasteiger partial charge in [-0.2, -0.15) is 0 Å². The highest BCUT2D eigenvalue weighted by molar-refractivity contribution is 9.10. The standard InChI is InChI=1S/C10H9BrN2/c11-9-8(7-1-2-7)3-5-13-6-4-12-10(9)13/h3-7H,1-2H2. The summed E-state index contributed by atoms with van der Waals surface area (Å²) in [6.07, 6.45) is 8.54. The second-order valence-electron chi connectivity index (χ2n) is 3.52. The summed E-state index contributed by atoms with van der Waals surface area (Å²) in [6, 6.07) is 2.19. The van der Waals surface area contributed by atoms with Gasteiger partial charge in [-0.15, -0.1) is 0 Å². The molecule has 3 heteroatoms. The zero-order chi connectivity index (χ0) is 8.84. The largest absolute Gasteiger partial charge is 0.306 e. The lowest BCUT2D eigenvalue weighted by molar-refractivity contribution is 1.07. The molecule has 2 aromatic heterocycles. The maximum atomic E-state index is 4.31. The second kappa shape index (κ2) is 2.58. The summed E-state index contributed by atoms with van der Waals surface area (Å²) in [6.45, 7) is 0. The molecule has 0 atom stereocenters. The van der Waals surface area contributed by atoms with Crippen LogP contribution in [-0.4, -0.2) is 9.38 Å². The van der Waals surface area contributed by atoms with E-state index in [4.69, 9.17) is 0 Å². The van der Waals surface area contributed by atoms with Crippen LogP contribution >= 0.6 is 15.9 Å². The van der Waals surface area contributed by atoms with Gasteiger partial charge >= 0.3 is 0 Å². The van der Waals surface area contributed by atoms with E-state index in [2.05, 4.69) is 33.2 Å². The number of aromatic nitrogens is 2. The molecule has 13 heavy (non-hydrogen) atoms. The number of rotatable bonds is 1. The number of hydrogen-bond donors (Lipinski definition) is 0. The van der Waals surface area contributed by atoms with Gasteiger partial charge in [0.1, 0.15) is 0 Å². The number of nitrogens with zero attached hydrogens (tertiary/aromatic N) is 2. The van der Waals surface area contributed by atoms with Crippen LogP contribution in [0.3, 0.4) is 0 Å². The van der Waals surface area contributed by atoms with E-state index >= 15 is 0 Å². The highest BCUT2D eigenvalue weighted by Crippen LogP contribution is 2.43. The van der Waals surface area contributed by atoms with Crippen molar-refractivity contribution in [1.29, 1.82) is 0 Å². The molecule has 1 saturated carbocycles. The van der Waals surface area contributed by atoms with Crippen LogP contribution in [0.25, 0.3) is 5.65 Å². The van der Waals surface area contributed by atoms with Gasteiger partial charge in [0, 0.05) is 18.6 Å². The number of hydrogen-bond acceptors (Lipinski definition) is 1. The minimum atomic E-state index is 0.774. The van der Waals surface area contributed by atoms with Crippen molar-refractivity contribution in [2.75, 3.05) is 0 Å². The Kier molecular flexibility index (Phi) is 1.50. The molecular weight excluding hydrogens is 228 g/mol. The van der Waals surface area contributed by atoms with Gasteiger partial charge in [0.2, 0.25) is 0 Å². The first-order valence-corrected chi connectivity index (χ1v) is 5.26. The van der Waals surface area contributed by atoms with Crippen molar-refractivity contribution in [3.8, 4) is 0 Å². The van der Waals surface area contributed by atoms with Gasteiger partial charge in [0.25, 0.3) is 0 Å². The molecule has 1 fully saturated rings. The molecule has 0 aliphatic heterocycles.